The Morgan fingerprint density at radius 1 is 1.22 bits per heavy atom. The summed E-state index contributed by atoms with van der Waals surface area (Å²) in [6.45, 7) is 0.293. The lowest BCUT2D eigenvalue weighted by molar-refractivity contribution is 0.0945. The van der Waals surface area contributed by atoms with Gasteiger partial charge < -0.3 is 11.1 Å². The van der Waals surface area contributed by atoms with Crippen LogP contribution in [0, 0.1) is 0 Å². The van der Waals surface area contributed by atoms with Gasteiger partial charge in [0.15, 0.2) is 5.69 Å². The number of nitrogens with zero attached hydrogens (tertiary/aromatic N) is 1. The molecule has 7 heteroatoms. The monoisotopic (exact) mass is 326 g/mol. The van der Waals surface area contributed by atoms with Gasteiger partial charge in [0.1, 0.15) is 0 Å². The van der Waals surface area contributed by atoms with E-state index in [0.717, 1.165) is 16.1 Å². The molecule has 2 heterocycles. The fraction of sp³-hybridized carbons (Fsp3) is 0.0625. The highest BCUT2D eigenvalue weighted by Gasteiger charge is 2.12. The molecular formula is C16H14N4O2S. The highest BCUT2D eigenvalue weighted by Crippen LogP contribution is 2.22. The topological polar surface area (TPSA) is 101 Å². The van der Waals surface area contributed by atoms with E-state index in [1.165, 1.54) is 0 Å². The number of aromatic nitrogens is 2. The zero-order valence-electron chi connectivity index (χ0n) is 12.1. The van der Waals surface area contributed by atoms with Crippen LogP contribution in [-0.4, -0.2) is 22.0 Å². The summed E-state index contributed by atoms with van der Waals surface area (Å²) < 4.78 is 0. The normalized spacial score (nSPS) is 10.4. The van der Waals surface area contributed by atoms with Crippen molar-refractivity contribution in [2.45, 2.75) is 6.54 Å². The molecule has 0 aliphatic carbocycles. The zero-order chi connectivity index (χ0) is 16.2. The van der Waals surface area contributed by atoms with E-state index >= 15 is 0 Å². The van der Waals surface area contributed by atoms with Crippen LogP contribution in [0.15, 0.2) is 47.8 Å². The number of carbonyl (C=O) groups is 2. The average molecular weight is 326 g/mol. The van der Waals surface area contributed by atoms with E-state index in [4.69, 9.17) is 5.73 Å². The molecule has 116 valence electrons. The van der Waals surface area contributed by atoms with Gasteiger partial charge in [0.25, 0.3) is 5.91 Å². The zero-order valence-corrected chi connectivity index (χ0v) is 12.9. The lowest BCUT2D eigenvalue weighted by atomic mass is 10.1. The summed E-state index contributed by atoms with van der Waals surface area (Å²) in [7, 11) is 0. The molecule has 2 aromatic heterocycles. The largest absolute Gasteiger partial charge is 0.366 e. The summed E-state index contributed by atoms with van der Waals surface area (Å²) in [5.41, 5.74) is 7.57. The maximum absolute atomic E-state index is 12.1. The molecule has 0 aliphatic heterocycles. The minimum Gasteiger partial charge on any atom is -0.366 e. The van der Waals surface area contributed by atoms with Crippen molar-refractivity contribution in [3.05, 3.63) is 64.7 Å². The number of amides is 2. The summed E-state index contributed by atoms with van der Waals surface area (Å²) in [4.78, 5) is 24.3. The van der Waals surface area contributed by atoms with Crippen LogP contribution >= 0.6 is 11.3 Å². The van der Waals surface area contributed by atoms with Crippen molar-refractivity contribution in [2.75, 3.05) is 0 Å². The Kier molecular flexibility index (Phi) is 4.20. The molecule has 0 fully saturated rings. The van der Waals surface area contributed by atoms with E-state index in [2.05, 4.69) is 15.5 Å². The third-order valence-corrected chi connectivity index (χ3v) is 4.16. The first-order valence-corrected chi connectivity index (χ1v) is 7.77. The van der Waals surface area contributed by atoms with Gasteiger partial charge in [-0.3, -0.25) is 14.7 Å². The highest BCUT2D eigenvalue weighted by atomic mass is 32.1. The lowest BCUT2D eigenvalue weighted by Crippen LogP contribution is -2.23. The van der Waals surface area contributed by atoms with Crippen LogP contribution in [0.4, 0.5) is 0 Å². The van der Waals surface area contributed by atoms with Gasteiger partial charge >= 0.3 is 0 Å². The first-order valence-electron chi connectivity index (χ1n) is 6.90. The minimum absolute atomic E-state index is 0.284. The number of thiophene rings is 1. The van der Waals surface area contributed by atoms with Crippen molar-refractivity contribution in [1.29, 1.82) is 0 Å². The summed E-state index contributed by atoms with van der Waals surface area (Å²) in [6.07, 6.45) is 0. The number of H-pyrrole nitrogens is 1. The molecule has 0 spiro atoms. The predicted octanol–water partition coefficient (Wildman–Crippen LogP) is 2.17. The summed E-state index contributed by atoms with van der Waals surface area (Å²) in [6, 6.07) is 12.4. The first-order chi connectivity index (χ1) is 11.1. The van der Waals surface area contributed by atoms with Gasteiger partial charge in [0, 0.05) is 12.1 Å². The summed E-state index contributed by atoms with van der Waals surface area (Å²) >= 11 is 1.57. The Labute approximate surface area is 136 Å². The molecule has 4 N–H and O–H groups in total. The molecule has 0 atom stereocenters. The SMILES string of the molecule is NC(=O)c1cccc(CNC(=O)c2cc(-c3cccs3)[nH]n2)c1. The molecule has 3 rings (SSSR count). The van der Waals surface area contributed by atoms with Crippen molar-refractivity contribution < 1.29 is 9.59 Å². The number of nitrogens with two attached hydrogens (primary N) is 1. The third-order valence-electron chi connectivity index (χ3n) is 3.26. The van der Waals surface area contributed by atoms with Crippen molar-refractivity contribution in [3.63, 3.8) is 0 Å². The number of hydrogen-bond acceptors (Lipinski definition) is 4. The number of benzene rings is 1. The molecule has 0 saturated heterocycles. The van der Waals surface area contributed by atoms with Gasteiger partial charge in [0.05, 0.1) is 10.6 Å². The van der Waals surface area contributed by atoms with Crippen molar-refractivity contribution in [2.24, 2.45) is 5.73 Å². The van der Waals surface area contributed by atoms with E-state index in [1.807, 2.05) is 23.6 Å². The molecule has 0 bridgehead atoms. The van der Waals surface area contributed by atoms with Gasteiger partial charge in [0.2, 0.25) is 5.91 Å². The van der Waals surface area contributed by atoms with Crippen LogP contribution in [0.3, 0.4) is 0 Å². The Morgan fingerprint density at radius 2 is 2.09 bits per heavy atom. The number of nitrogens with one attached hydrogen (secondary N) is 2. The second kappa shape index (κ2) is 6.45. The Morgan fingerprint density at radius 3 is 2.83 bits per heavy atom. The van der Waals surface area contributed by atoms with Gasteiger partial charge in [-0.05, 0) is 35.2 Å². The Hall–Kier alpha value is -2.93. The third kappa shape index (κ3) is 3.46. The van der Waals surface area contributed by atoms with E-state index < -0.39 is 5.91 Å². The maximum atomic E-state index is 12.1. The van der Waals surface area contributed by atoms with Crippen molar-refractivity contribution in [1.82, 2.24) is 15.5 Å². The van der Waals surface area contributed by atoms with E-state index in [1.54, 1.807) is 35.6 Å². The highest BCUT2D eigenvalue weighted by molar-refractivity contribution is 7.13. The summed E-state index contributed by atoms with van der Waals surface area (Å²) in [5.74, 6) is -0.778. The molecule has 0 aliphatic rings. The molecule has 2 amide bonds. The van der Waals surface area contributed by atoms with Crippen molar-refractivity contribution >= 4 is 23.2 Å². The smallest absolute Gasteiger partial charge is 0.272 e. The molecular weight excluding hydrogens is 312 g/mol. The number of hydrogen-bond donors (Lipinski definition) is 3. The number of rotatable bonds is 5. The second-order valence-electron chi connectivity index (χ2n) is 4.89. The number of aromatic amines is 1. The predicted molar refractivity (Wildman–Crippen MR) is 88.0 cm³/mol. The van der Waals surface area contributed by atoms with E-state index in [9.17, 15) is 9.59 Å². The minimum atomic E-state index is -0.494. The maximum Gasteiger partial charge on any atom is 0.272 e. The fourth-order valence-electron chi connectivity index (χ4n) is 2.10. The standard InChI is InChI=1S/C16H14N4O2S/c17-15(21)11-4-1-3-10(7-11)9-18-16(22)13-8-12(19-20-13)14-5-2-6-23-14/h1-8H,9H2,(H2,17,21)(H,18,22)(H,19,20). The van der Waals surface area contributed by atoms with Crippen LogP contribution in [0.2, 0.25) is 0 Å². The molecule has 0 unspecified atom stereocenters. The van der Waals surface area contributed by atoms with E-state index in [0.29, 0.717) is 17.8 Å². The van der Waals surface area contributed by atoms with Crippen LogP contribution in [0.25, 0.3) is 10.6 Å². The van der Waals surface area contributed by atoms with Crippen LogP contribution in [-0.2, 0) is 6.54 Å². The molecule has 0 saturated carbocycles. The van der Waals surface area contributed by atoms with Crippen LogP contribution in [0.1, 0.15) is 26.4 Å². The van der Waals surface area contributed by atoms with E-state index in [-0.39, 0.29) is 5.91 Å². The molecule has 1 aromatic carbocycles. The number of carbonyl (C=O) groups excluding carboxylic acids is 2. The van der Waals surface area contributed by atoms with Crippen molar-refractivity contribution in [3.8, 4) is 10.6 Å². The fourth-order valence-corrected chi connectivity index (χ4v) is 2.80. The van der Waals surface area contributed by atoms with Crippen LogP contribution in [0.5, 0.6) is 0 Å². The Bertz CT molecular complexity index is 839. The lowest BCUT2D eigenvalue weighted by Gasteiger charge is -2.04. The molecule has 6 nitrogen and oxygen atoms in total. The molecule has 0 radical (unpaired) electrons. The quantitative estimate of drug-likeness (QED) is 0.669. The average Bonchev–Trinajstić information content (AvgIpc) is 3.23. The van der Waals surface area contributed by atoms with Gasteiger partial charge in [-0.25, -0.2) is 0 Å². The van der Waals surface area contributed by atoms with Crippen LogP contribution < -0.4 is 11.1 Å². The summed E-state index contributed by atoms with van der Waals surface area (Å²) in [5, 5.41) is 11.6. The molecule has 3 aromatic rings. The van der Waals surface area contributed by atoms with Gasteiger partial charge in [-0.2, -0.15) is 5.10 Å². The second-order valence-corrected chi connectivity index (χ2v) is 5.84. The van der Waals surface area contributed by atoms with Gasteiger partial charge in [-0.15, -0.1) is 11.3 Å². The molecule has 23 heavy (non-hydrogen) atoms. The Balaban J connectivity index is 1.66. The van der Waals surface area contributed by atoms with Gasteiger partial charge in [-0.1, -0.05) is 18.2 Å². The number of primary amides is 1. The first kappa shape index (κ1) is 15.0.